The highest BCUT2D eigenvalue weighted by Crippen LogP contribution is 2.67. The molecule has 1 aromatic carbocycles. The third kappa shape index (κ3) is 2.01. The lowest BCUT2D eigenvalue weighted by molar-refractivity contribution is -0.151. The predicted molar refractivity (Wildman–Crippen MR) is 98.1 cm³/mol. The Morgan fingerprint density at radius 1 is 1.12 bits per heavy atom. The molecule has 2 fully saturated rings. The lowest BCUT2D eigenvalue weighted by atomic mass is 9.43. The van der Waals surface area contributed by atoms with Gasteiger partial charge in [-0.15, -0.1) is 0 Å². The van der Waals surface area contributed by atoms with Gasteiger partial charge in [0, 0.05) is 28.9 Å². The third-order valence-corrected chi connectivity index (χ3v) is 8.20. The average Bonchev–Trinajstić information content (AvgIpc) is 2.86. The van der Waals surface area contributed by atoms with Crippen molar-refractivity contribution < 1.29 is 14.6 Å². The van der Waals surface area contributed by atoms with E-state index in [4.69, 9.17) is 4.74 Å². The van der Waals surface area contributed by atoms with Crippen LogP contribution >= 0.6 is 0 Å². The Hall–Kier alpha value is -1.51. The molecule has 1 N–H and O–H groups in total. The molecule has 3 aliphatic rings. The molecule has 0 bridgehead atoms. The van der Waals surface area contributed by atoms with Gasteiger partial charge in [-0.2, -0.15) is 0 Å². The Morgan fingerprint density at radius 3 is 2.52 bits per heavy atom. The van der Waals surface area contributed by atoms with E-state index in [1.807, 2.05) is 0 Å². The molecule has 3 nitrogen and oxygen atoms in total. The fraction of sp³-hybridized carbons (Fsp3) is 0.682. The van der Waals surface area contributed by atoms with E-state index in [0.717, 1.165) is 37.0 Å². The number of hydrogen-bond donors (Lipinski definition) is 1. The van der Waals surface area contributed by atoms with Gasteiger partial charge >= 0.3 is 0 Å². The highest BCUT2D eigenvalue weighted by atomic mass is 16.5. The molecule has 0 aromatic heterocycles. The normalized spacial score (nSPS) is 38.7. The number of aromatic hydroxyl groups is 1. The van der Waals surface area contributed by atoms with Crippen LogP contribution in [0, 0.1) is 22.7 Å². The number of Topliss-reactive ketones (excluding diaryl/α,β-unsaturated/α-hetero) is 1. The van der Waals surface area contributed by atoms with Gasteiger partial charge in [-0.25, -0.2) is 0 Å². The molecule has 2 saturated carbocycles. The molecule has 136 valence electrons. The van der Waals surface area contributed by atoms with Crippen LogP contribution in [0.15, 0.2) is 12.1 Å². The summed E-state index contributed by atoms with van der Waals surface area (Å²) in [4.78, 5) is 12.6. The molecule has 0 saturated heterocycles. The van der Waals surface area contributed by atoms with Crippen LogP contribution in [0.2, 0.25) is 0 Å². The summed E-state index contributed by atoms with van der Waals surface area (Å²) in [6.45, 7) is 9.06. The van der Waals surface area contributed by atoms with Crippen LogP contribution in [0.3, 0.4) is 0 Å². The molecule has 0 amide bonds. The molecule has 3 aliphatic carbocycles. The van der Waals surface area contributed by atoms with Crippen LogP contribution in [-0.2, 0) is 16.6 Å². The molecule has 4 unspecified atom stereocenters. The predicted octanol–water partition coefficient (Wildman–Crippen LogP) is 4.64. The first kappa shape index (κ1) is 16.9. The summed E-state index contributed by atoms with van der Waals surface area (Å²) in [5, 5.41) is 10.7. The molecule has 0 aliphatic heterocycles. The fourth-order valence-electron chi connectivity index (χ4n) is 6.92. The number of benzene rings is 1. The zero-order chi connectivity index (χ0) is 18.2. The number of phenols is 1. The van der Waals surface area contributed by atoms with E-state index in [2.05, 4.69) is 33.8 Å². The van der Waals surface area contributed by atoms with Crippen molar-refractivity contribution in [2.24, 2.45) is 22.7 Å². The molecule has 25 heavy (non-hydrogen) atoms. The molecule has 0 radical (unpaired) electrons. The van der Waals surface area contributed by atoms with E-state index < -0.39 is 0 Å². The van der Waals surface area contributed by atoms with E-state index >= 15 is 0 Å². The molecule has 4 atom stereocenters. The lowest BCUT2D eigenvalue weighted by Crippen LogP contribution is -2.57. The Labute approximate surface area is 150 Å². The maximum Gasteiger partial charge on any atom is 0.138 e. The third-order valence-electron chi connectivity index (χ3n) is 8.20. The molecule has 0 heterocycles. The number of carbonyl (C=O) groups excluding carboxylic acids is 1. The van der Waals surface area contributed by atoms with Crippen LogP contribution in [0.1, 0.15) is 64.5 Å². The maximum atomic E-state index is 12.6. The number of hydrogen-bond acceptors (Lipinski definition) is 3. The molecule has 4 rings (SSSR count). The Balaban J connectivity index is 1.83. The Morgan fingerprint density at radius 2 is 1.84 bits per heavy atom. The monoisotopic (exact) mass is 342 g/mol. The largest absolute Gasteiger partial charge is 0.507 e. The van der Waals surface area contributed by atoms with E-state index in [1.165, 1.54) is 5.56 Å². The number of fused-ring (bicyclic) bond motifs is 5. The fourth-order valence-corrected chi connectivity index (χ4v) is 6.92. The van der Waals surface area contributed by atoms with Crippen molar-refractivity contribution >= 4 is 5.78 Å². The van der Waals surface area contributed by atoms with Crippen LogP contribution < -0.4 is 4.74 Å². The molecular weight excluding hydrogens is 312 g/mol. The van der Waals surface area contributed by atoms with Crippen molar-refractivity contribution in [3.05, 3.63) is 23.3 Å². The van der Waals surface area contributed by atoms with Gasteiger partial charge in [-0.05, 0) is 54.6 Å². The summed E-state index contributed by atoms with van der Waals surface area (Å²) >= 11 is 0. The highest BCUT2D eigenvalue weighted by molar-refractivity contribution is 5.85. The SMILES string of the molecule is COc1cc(O)c2c(c1)CC1C2(C)CCC2C(C)(C)C(=O)CCC21C. The van der Waals surface area contributed by atoms with Gasteiger partial charge < -0.3 is 9.84 Å². The summed E-state index contributed by atoms with van der Waals surface area (Å²) in [6.07, 6.45) is 4.76. The topological polar surface area (TPSA) is 46.5 Å². The van der Waals surface area contributed by atoms with Gasteiger partial charge in [0.1, 0.15) is 17.3 Å². The summed E-state index contributed by atoms with van der Waals surface area (Å²) in [7, 11) is 1.65. The number of phenolic OH excluding ortho intramolecular Hbond substituents is 1. The number of methoxy groups -OCH3 is 1. The second-order valence-electron chi connectivity index (χ2n) is 9.60. The maximum absolute atomic E-state index is 12.6. The van der Waals surface area contributed by atoms with Gasteiger partial charge in [0.25, 0.3) is 0 Å². The first-order valence-corrected chi connectivity index (χ1v) is 9.58. The van der Waals surface area contributed by atoms with Crippen LogP contribution in [0.5, 0.6) is 11.5 Å². The Bertz CT molecular complexity index is 750. The Kier molecular flexibility index (Phi) is 3.40. The number of rotatable bonds is 1. The summed E-state index contributed by atoms with van der Waals surface area (Å²) in [6, 6.07) is 3.87. The van der Waals surface area contributed by atoms with Crippen molar-refractivity contribution in [1.29, 1.82) is 0 Å². The van der Waals surface area contributed by atoms with Gasteiger partial charge in [0.05, 0.1) is 7.11 Å². The number of ketones is 1. The van der Waals surface area contributed by atoms with E-state index in [0.29, 0.717) is 29.8 Å². The van der Waals surface area contributed by atoms with Crippen molar-refractivity contribution in [3.8, 4) is 11.5 Å². The molecule has 3 heteroatoms. The lowest BCUT2D eigenvalue weighted by Gasteiger charge is -2.60. The van der Waals surface area contributed by atoms with Gasteiger partial charge in [-0.1, -0.05) is 27.7 Å². The van der Waals surface area contributed by atoms with Crippen LogP contribution in [0.25, 0.3) is 0 Å². The minimum atomic E-state index is -0.233. The van der Waals surface area contributed by atoms with Gasteiger partial charge in [-0.3, -0.25) is 4.79 Å². The summed E-state index contributed by atoms with van der Waals surface area (Å²) in [5.41, 5.74) is 2.27. The van der Waals surface area contributed by atoms with Crippen LogP contribution in [0.4, 0.5) is 0 Å². The minimum absolute atomic E-state index is 0.00654. The summed E-state index contributed by atoms with van der Waals surface area (Å²) < 4.78 is 5.38. The van der Waals surface area contributed by atoms with Gasteiger partial charge in [0.2, 0.25) is 0 Å². The van der Waals surface area contributed by atoms with Crippen molar-refractivity contribution in [2.45, 2.75) is 65.2 Å². The highest BCUT2D eigenvalue weighted by Gasteiger charge is 2.63. The smallest absolute Gasteiger partial charge is 0.138 e. The number of ether oxygens (including phenoxy) is 1. The van der Waals surface area contributed by atoms with Gasteiger partial charge in [0.15, 0.2) is 0 Å². The molecular formula is C22H30O3. The zero-order valence-electron chi connectivity index (χ0n) is 16.1. The first-order chi connectivity index (χ1) is 11.6. The van der Waals surface area contributed by atoms with E-state index in [-0.39, 0.29) is 16.2 Å². The van der Waals surface area contributed by atoms with Crippen molar-refractivity contribution in [3.63, 3.8) is 0 Å². The minimum Gasteiger partial charge on any atom is -0.507 e. The second kappa shape index (κ2) is 5.02. The van der Waals surface area contributed by atoms with E-state index in [1.54, 1.807) is 13.2 Å². The number of carbonyl (C=O) groups is 1. The second-order valence-corrected chi connectivity index (χ2v) is 9.60. The zero-order valence-corrected chi connectivity index (χ0v) is 16.1. The average molecular weight is 342 g/mol. The first-order valence-electron chi connectivity index (χ1n) is 9.58. The molecule has 0 spiro atoms. The quantitative estimate of drug-likeness (QED) is 0.809. The van der Waals surface area contributed by atoms with E-state index in [9.17, 15) is 9.90 Å². The van der Waals surface area contributed by atoms with Crippen molar-refractivity contribution in [1.82, 2.24) is 0 Å². The molecule has 1 aromatic rings. The standard InChI is InChI=1S/C22H30O3/c1-20(2)16-6-8-22(4)17(21(16,3)9-7-18(20)24)11-13-10-14(25-5)12-15(23)19(13)22/h10,12,16-17,23H,6-9,11H2,1-5H3. The van der Waals surface area contributed by atoms with Crippen molar-refractivity contribution in [2.75, 3.05) is 7.11 Å². The van der Waals surface area contributed by atoms with Crippen LogP contribution in [-0.4, -0.2) is 18.0 Å². The summed E-state index contributed by atoms with van der Waals surface area (Å²) in [5.74, 6) is 2.45.